The van der Waals surface area contributed by atoms with Crippen LogP contribution in [0.2, 0.25) is 0 Å². The highest BCUT2D eigenvalue weighted by Gasteiger charge is 2.02. The van der Waals surface area contributed by atoms with Gasteiger partial charge >= 0.3 is 0 Å². The van der Waals surface area contributed by atoms with E-state index in [2.05, 4.69) is 41.7 Å². The van der Waals surface area contributed by atoms with Crippen LogP contribution in [0, 0.1) is 0 Å². The Kier molecular flexibility index (Phi) is 22.4. The number of hydrogen-bond donors (Lipinski definition) is 0. The quantitative estimate of drug-likeness (QED) is 0.171. The number of nitrogens with zero attached hydrogens (tertiary/aromatic N) is 2. The van der Waals surface area contributed by atoms with Gasteiger partial charge in [0, 0.05) is 5.97 Å². The molecule has 0 aliphatic carbocycles. The molecular formula is C27H52N2O2. The number of hydrogen-bond acceptors (Lipinski definition) is 2. The lowest BCUT2D eigenvalue weighted by molar-refractivity contribution is -0.696. The van der Waals surface area contributed by atoms with Crippen LogP contribution in [-0.4, -0.2) is 10.5 Å². The molecule has 0 radical (unpaired) electrons. The van der Waals surface area contributed by atoms with E-state index in [1.807, 2.05) is 0 Å². The molecule has 1 rings (SSSR count). The van der Waals surface area contributed by atoms with Crippen LogP contribution in [0.25, 0.3) is 0 Å². The second-order valence-corrected chi connectivity index (χ2v) is 9.04. The van der Waals surface area contributed by atoms with Crippen molar-refractivity contribution in [2.24, 2.45) is 0 Å². The highest BCUT2D eigenvalue weighted by Crippen LogP contribution is 2.13. The molecule has 0 aliphatic heterocycles. The summed E-state index contributed by atoms with van der Waals surface area (Å²) in [5.74, 6) is -1.08. The fraction of sp³-hybridized carbons (Fsp3) is 0.852. The molecule has 0 fully saturated rings. The molecule has 0 unspecified atom stereocenters. The average molecular weight is 437 g/mol. The first kappa shape index (κ1) is 29.7. The minimum Gasteiger partial charge on any atom is -0.550 e. The Bertz CT molecular complexity index is 495. The molecule has 31 heavy (non-hydrogen) atoms. The number of rotatable bonds is 20. The van der Waals surface area contributed by atoms with Gasteiger partial charge in [0.2, 0.25) is 6.33 Å². The second kappa shape index (κ2) is 23.3. The molecule has 1 heterocycles. The van der Waals surface area contributed by atoms with E-state index < -0.39 is 5.97 Å². The predicted octanol–water partition coefficient (Wildman–Crippen LogP) is 6.59. The first-order chi connectivity index (χ1) is 15.1. The summed E-state index contributed by atoms with van der Waals surface area (Å²) < 4.78 is 4.69. The van der Waals surface area contributed by atoms with Crippen LogP contribution in [0.5, 0.6) is 0 Å². The van der Waals surface area contributed by atoms with Crippen molar-refractivity contribution in [2.45, 2.75) is 149 Å². The van der Waals surface area contributed by atoms with Crippen molar-refractivity contribution in [3.05, 3.63) is 18.7 Å². The molecule has 0 aromatic carbocycles. The molecule has 0 N–H and O–H groups in total. The van der Waals surface area contributed by atoms with E-state index in [4.69, 9.17) is 9.90 Å². The number of carboxylic acid groups (broad SMARTS) is 1. The van der Waals surface area contributed by atoms with Gasteiger partial charge in [0.15, 0.2) is 0 Å². The third-order valence-corrected chi connectivity index (χ3v) is 5.79. The molecule has 0 spiro atoms. The van der Waals surface area contributed by atoms with E-state index in [-0.39, 0.29) is 0 Å². The molecule has 1 aromatic heterocycles. The van der Waals surface area contributed by atoms with E-state index in [9.17, 15) is 0 Å². The summed E-state index contributed by atoms with van der Waals surface area (Å²) in [6, 6.07) is 0. The van der Waals surface area contributed by atoms with E-state index in [1.54, 1.807) is 0 Å². The van der Waals surface area contributed by atoms with Crippen molar-refractivity contribution in [3.63, 3.8) is 0 Å². The van der Waals surface area contributed by atoms with Gasteiger partial charge < -0.3 is 9.90 Å². The van der Waals surface area contributed by atoms with Crippen molar-refractivity contribution >= 4 is 5.97 Å². The van der Waals surface area contributed by atoms with Gasteiger partial charge in [-0.2, -0.15) is 0 Å². The summed E-state index contributed by atoms with van der Waals surface area (Å²) >= 11 is 0. The molecule has 0 aliphatic rings. The Morgan fingerprint density at radius 3 is 1.52 bits per heavy atom. The van der Waals surface area contributed by atoms with Gasteiger partial charge in [0.1, 0.15) is 12.4 Å². The summed E-state index contributed by atoms with van der Waals surface area (Å²) in [4.78, 5) is 8.89. The average Bonchev–Trinajstić information content (AvgIpc) is 3.19. The molecule has 0 saturated heterocycles. The zero-order valence-corrected chi connectivity index (χ0v) is 21.1. The van der Waals surface area contributed by atoms with Gasteiger partial charge in [0.25, 0.3) is 0 Å². The van der Waals surface area contributed by atoms with Crippen molar-refractivity contribution in [1.82, 2.24) is 4.57 Å². The fourth-order valence-electron chi connectivity index (χ4n) is 3.89. The van der Waals surface area contributed by atoms with Crippen LogP contribution in [-0.2, 0) is 17.9 Å². The minimum absolute atomic E-state index is 0.972. The molecule has 1 aromatic rings. The Labute approximate surface area is 193 Å². The Morgan fingerprint density at radius 2 is 1.10 bits per heavy atom. The Hall–Kier alpha value is -1.32. The maximum Gasteiger partial charge on any atom is 0.243 e. The SMILES string of the molecule is CC(=O)[O-].CCCCCCCCCCCCCCCCCC[n+]1ccn(CCCC)c1. The predicted molar refractivity (Wildman–Crippen MR) is 130 cm³/mol. The summed E-state index contributed by atoms with van der Waals surface area (Å²) in [5.41, 5.74) is 0. The summed E-state index contributed by atoms with van der Waals surface area (Å²) in [6.07, 6.45) is 32.4. The highest BCUT2D eigenvalue weighted by atomic mass is 16.4. The fourth-order valence-corrected chi connectivity index (χ4v) is 3.89. The zero-order valence-electron chi connectivity index (χ0n) is 21.1. The standard InChI is InChI=1S/C25H49N2.C2H4O2/c1-3-5-7-8-9-10-11-12-13-14-15-16-17-18-19-20-22-27-24-23-26(25-27)21-6-4-2;1-2(3)4/h23-25H,3-22H2,1-2H3;1H3,(H,3,4)/q+1;/p-1. The van der Waals surface area contributed by atoms with Gasteiger partial charge in [-0.3, -0.25) is 0 Å². The van der Waals surface area contributed by atoms with Gasteiger partial charge in [-0.1, -0.05) is 110 Å². The number of unbranched alkanes of at least 4 members (excludes halogenated alkanes) is 16. The lowest BCUT2D eigenvalue weighted by Crippen LogP contribution is -2.30. The Balaban J connectivity index is 0.00000206. The largest absolute Gasteiger partial charge is 0.550 e. The highest BCUT2D eigenvalue weighted by molar-refractivity contribution is 5.60. The third-order valence-electron chi connectivity index (χ3n) is 5.79. The maximum atomic E-state index is 8.89. The third kappa shape index (κ3) is 23.2. The number of imidazole rings is 1. The van der Waals surface area contributed by atoms with Crippen LogP contribution < -0.4 is 9.67 Å². The van der Waals surface area contributed by atoms with Gasteiger partial charge in [-0.05, 0) is 26.2 Å². The monoisotopic (exact) mass is 436 g/mol. The van der Waals surface area contributed by atoms with Gasteiger partial charge in [-0.15, -0.1) is 0 Å². The molecule has 4 heteroatoms. The van der Waals surface area contributed by atoms with Crippen molar-refractivity contribution < 1.29 is 14.5 Å². The van der Waals surface area contributed by atoms with Gasteiger partial charge in [-0.25, -0.2) is 9.13 Å². The van der Waals surface area contributed by atoms with Crippen LogP contribution in [0.1, 0.15) is 136 Å². The van der Waals surface area contributed by atoms with Crippen LogP contribution in [0.3, 0.4) is 0 Å². The molecule has 0 saturated carbocycles. The van der Waals surface area contributed by atoms with Crippen molar-refractivity contribution in [2.75, 3.05) is 0 Å². The van der Waals surface area contributed by atoms with Crippen LogP contribution in [0.4, 0.5) is 0 Å². The lowest BCUT2D eigenvalue weighted by Gasteiger charge is -2.03. The zero-order chi connectivity index (χ0) is 23.0. The summed E-state index contributed by atoms with van der Waals surface area (Å²) in [7, 11) is 0. The number of carboxylic acids is 1. The second-order valence-electron chi connectivity index (χ2n) is 9.04. The van der Waals surface area contributed by atoms with E-state index in [1.165, 1.54) is 129 Å². The first-order valence-electron chi connectivity index (χ1n) is 13.3. The number of aromatic nitrogens is 2. The van der Waals surface area contributed by atoms with Crippen molar-refractivity contribution in [1.29, 1.82) is 0 Å². The number of carbonyl (C=O) groups is 1. The van der Waals surface area contributed by atoms with Crippen LogP contribution >= 0.6 is 0 Å². The molecular weight excluding hydrogens is 384 g/mol. The number of aryl methyl sites for hydroxylation is 2. The van der Waals surface area contributed by atoms with Crippen LogP contribution in [0.15, 0.2) is 18.7 Å². The van der Waals surface area contributed by atoms with E-state index in [0.717, 1.165) is 6.92 Å². The van der Waals surface area contributed by atoms with Crippen molar-refractivity contribution in [3.8, 4) is 0 Å². The number of aliphatic carboxylic acids is 1. The van der Waals surface area contributed by atoms with E-state index >= 15 is 0 Å². The molecule has 0 amide bonds. The van der Waals surface area contributed by atoms with E-state index in [0.29, 0.717) is 0 Å². The molecule has 0 bridgehead atoms. The number of carbonyl (C=O) groups excluding carboxylic acids is 1. The smallest absolute Gasteiger partial charge is 0.243 e. The Morgan fingerprint density at radius 1 is 0.710 bits per heavy atom. The van der Waals surface area contributed by atoms with Gasteiger partial charge in [0.05, 0.1) is 13.1 Å². The topological polar surface area (TPSA) is 48.9 Å². The molecule has 4 nitrogen and oxygen atoms in total. The maximum absolute atomic E-state index is 8.89. The minimum atomic E-state index is -1.08. The summed E-state index contributed by atoms with van der Waals surface area (Å²) in [5, 5.41) is 8.89. The summed E-state index contributed by atoms with van der Waals surface area (Å²) in [6.45, 7) is 7.89. The molecule has 0 atom stereocenters. The first-order valence-corrected chi connectivity index (χ1v) is 13.3. The molecule has 182 valence electrons. The normalized spacial score (nSPS) is 10.7. The lowest BCUT2D eigenvalue weighted by atomic mass is 10.0.